The summed E-state index contributed by atoms with van der Waals surface area (Å²) in [5.74, 6) is 0.113. The van der Waals surface area contributed by atoms with Crippen LogP contribution in [-0.2, 0) is 4.79 Å². The maximum Gasteiger partial charge on any atom is 0.328 e. The second-order valence-corrected chi connectivity index (χ2v) is 4.71. The summed E-state index contributed by atoms with van der Waals surface area (Å²) in [6, 6.07) is 3.69. The molecule has 0 aromatic carbocycles. The average molecular weight is 263 g/mol. The number of carboxylic acids is 1. The van der Waals surface area contributed by atoms with Crippen molar-refractivity contribution in [3.05, 3.63) is 29.6 Å². The Bertz CT molecular complexity index is 455. The first-order chi connectivity index (χ1) is 9.02. The molecule has 0 radical (unpaired) electrons. The summed E-state index contributed by atoms with van der Waals surface area (Å²) in [6.45, 7) is 6.76. The minimum atomic E-state index is -0.992. The molecular formula is C15H21NO3. The first-order valence-corrected chi connectivity index (χ1v) is 6.54. The second-order valence-electron chi connectivity index (χ2n) is 4.71. The zero-order valence-electron chi connectivity index (χ0n) is 11.7. The van der Waals surface area contributed by atoms with Gasteiger partial charge in [-0.3, -0.25) is 0 Å². The third-order valence-electron chi connectivity index (χ3n) is 2.71. The van der Waals surface area contributed by atoms with Crippen molar-refractivity contribution in [2.75, 3.05) is 6.61 Å². The van der Waals surface area contributed by atoms with Crippen molar-refractivity contribution in [1.82, 2.24) is 4.98 Å². The Balaban J connectivity index is 2.79. The zero-order valence-corrected chi connectivity index (χ0v) is 11.7. The Kier molecular flexibility index (Phi) is 6.06. The van der Waals surface area contributed by atoms with Gasteiger partial charge < -0.3 is 9.84 Å². The van der Waals surface area contributed by atoms with E-state index in [-0.39, 0.29) is 0 Å². The number of ether oxygens (including phenoxy) is 1. The van der Waals surface area contributed by atoms with E-state index >= 15 is 0 Å². The Hall–Kier alpha value is -1.84. The van der Waals surface area contributed by atoms with Gasteiger partial charge in [0.05, 0.1) is 6.61 Å². The van der Waals surface area contributed by atoms with Crippen LogP contribution in [0.4, 0.5) is 0 Å². The van der Waals surface area contributed by atoms with Gasteiger partial charge in [0.2, 0.25) is 0 Å². The minimum absolute atomic E-state index is 0.475. The fourth-order valence-electron chi connectivity index (χ4n) is 1.76. The maximum absolute atomic E-state index is 10.6. The van der Waals surface area contributed by atoms with Gasteiger partial charge in [0.25, 0.3) is 0 Å². The Morgan fingerprint density at radius 3 is 2.89 bits per heavy atom. The molecule has 0 spiro atoms. The molecule has 0 amide bonds. The largest absolute Gasteiger partial charge is 0.491 e. The number of aliphatic carboxylic acids is 1. The van der Waals surface area contributed by atoms with Crippen LogP contribution in [0.5, 0.6) is 5.75 Å². The van der Waals surface area contributed by atoms with E-state index in [0.717, 1.165) is 24.6 Å². The molecule has 0 saturated carbocycles. The monoisotopic (exact) mass is 263 g/mol. The van der Waals surface area contributed by atoms with Gasteiger partial charge in [0.15, 0.2) is 0 Å². The summed E-state index contributed by atoms with van der Waals surface area (Å²) in [5, 5.41) is 8.67. The number of pyridine rings is 1. The van der Waals surface area contributed by atoms with Crippen LogP contribution in [-0.4, -0.2) is 22.7 Å². The molecule has 0 aliphatic rings. The summed E-state index contributed by atoms with van der Waals surface area (Å²) < 4.78 is 5.73. The SMILES string of the molecule is CCCC(C)COc1ccc(C)nc1C=CC(=O)O. The number of carbonyl (C=O) groups is 1. The van der Waals surface area contributed by atoms with E-state index in [4.69, 9.17) is 9.84 Å². The molecule has 1 heterocycles. The first kappa shape index (κ1) is 15.2. The van der Waals surface area contributed by atoms with Gasteiger partial charge in [0, 0.05) is 11.8 Å². The molecule has 19 heavy (non-hydrogen) atoms. The Morgan fingerprint density at radius 1 is 1.53 bits per heavy atom. The highest BCUT2D eigenvalue weighted by atomic mass is 16.5. The standard InChI is InChI=1S/C15H21NO3/c1-4-5-11(2)10-19-14-8-6-12(3)16-13(14)7-9-15(17)18/h6-9,11H,4-5,10H2,1-3H3,(H,17,18). The van der Waals surface area contributed by atoms with Gasteiger partial charge >= 0.3 is 5.97 Å². The molecule has 0 fully saturated rings. The van der Waals surface area contributed by atoms with E-state index in [2.05, 4.69) is 18.8 Å². The van der Waals surface area contributed by atoms with Crippen molar-refractivity contribution in [1.29, 1.82) is 0 Å². The molecule has 4 heteroatoms. The van der Waals surface area contributed by atoms with Crippen molar-refractivity contribution >= 4 is 12.0 Å². The number of hydrogen-bond donors (Lipinski definition) is 1. The molecule has 1 rings (SSSR count). The lowest BCUT2D eigenvalue weighted by molar-refractivity contribution is -0.131. The molecule has 0 aliphatic heterocycles. The molecule has 1 aromatic heterocycles. The predicted molar refractivity (Wildman–Crippen MR) is 75.2 cm³/mol. The lowest BCUT2D eigenvalue weighted by Gasteiger charge is -2.13. The topological polar surface area (TPSA) is 59.4 Å². The van der Waals surface area contributed by atoms with Crippen LogP contribution >= 0.6 is 0 Å². The molecule has 0 aliphatic carbocycles. The van der Waals surface area contributed by atoms with E-state index in [0.29, 0.717) is 24.0 Å². The van der Waals surface area contributed by atoms with Crippen LogP contribution in [0.15, 0.2) is 18.2 Å². The van der Waals surface area contributed by atoms with Crippen molar-refractivity contribution in [3.8, 4) is 5.75 Å². The van der Waals surface area contributed by atoms with Crippen LogP contribution in [0.1, 0.15) is 38.1 Å². The van der Waals surface area contributed by atoms with E-state index in [1.54, 1.807) is 0 Å². The van der Waals surface area contributed by atoms with Crippen molar-refractivity contribution < 1.29 is 14.6 Å². The number of aryl methyl sites for hydroxylation is 1. The minimum Gasteiger partial charge on any atom is -0.491 e. The summed E-state index contributed by atoms with van der Waals surface area (Å²) in [6.07, 6.45) is 4.78. The van der Waals surface area contributed by atoms with Crippen LogP contribution in [0, 0.1) is 12.8 Å². The number of rotatable bonds is 7. The van der Waals surface area contributed by atoms with Gasteiger partial charge in [-0.2, -0.15) is 0 Å². The Morgan fingerprint density at radius 2 is 2.26 bits per heavy atom. The zero-order chi connectivity index (χ0) is 14.3. The molecule has 1 aromatic rings. The van der Waals surface area contributed by atoms with Crippen LogP contribution in [0.25, 0.3) is 6.08 Å². The van der Waals surface area contributed by atoms with Crippen molar-refractivity contribution in [2.45, 2.75) is 33.6 Å². The molecule has 1 atom stereocenters. The number of hydrogen-bond acceptors (Lipinski definition) is 3. The van der Waals surface area contributed by atoms with Crippen LogP contribution in [0.3, 0.4) is 0 Å². The molecule has 1 unspecified atom stereocenters. The fourth-order valence-corrected chi connectivity index (χ4v) is 1.76. The molecule has 1 N–H and O–H groups in total. The van der Waals surface area contributed by atoms with Gasteiger partial charge in [-0.15, -0.1) is 0 Å². The second kappa shape index (κ2) is 7.56. The first-order valence-electron chi connectivity index (χ1n) is 6.54. The van der Waals surface area contributed by atoms with Crippen LogP contribution < -0.4 is 4.74 Å². The number of nitrogens with zero attached hydrogens (tertiary/aromatic N) is 1. The highest BCUT2D eigenvalue weighted by Crippen LogP contribution is 2.20. The predicted octanol–water partition coefficient (Wildman–Crippen LogP) is 3.30. The van der Waals surface area contributed by atoms with E-state index < -0.39 is 5.97 Å². The number of carboxylic acid groups (broad SMARTS) is 1. The maximum atomic E-state index is 10.6. The third kappa shape index (κ3) is 5.55. The molecule has 4 nitrogen and oxygen atoms in total. The summed E-state index contributed by atoms with van der Waals surface area (Å²) in [4.78, 5) is 14.9. The van der Waals surface area contributed by atoms with E-state index in [9.17, 15) is 4.79 Å². The van der Waals surface area contributed by atoms with Crippen molar-refractivity contribution in [2.24, 2.45) is 5.92 Å². The Labute approximate surface area is 114 Å². The molecule has 0 saturated heterocycles. The van der Waals surface area contributed by atoms with Crippen LogP contribution in [0.2, 0.25) is 0 Å². The summed E-state index contributed by atoms with van der Waals surface area (Å²) >= 11 is 0. The third-order valence-corrected chi connectivity index (χ3v) is 2.71. The molecular weight excluding hydrogens is 242 g/mol. The molecule has 0 bridgehead atoms. The summed E-state index contributed by atoms with van der Waals surface area (Å²) in [7, 11) is 0. The van der Waals surface area contributed by atoms with E-state index in [1.807, 2.05) is 19.1 Å². The number of aromatic nitrogens is 1. The quantitative estimate of drug-likeness (QED) is 0.767. The lowest BCUT2D eigenvalue weighted by atomic mass is 10.1. The molecule has 104 valence electrons. The van der Waals surface area contributed by atoms with Gasteiger partial charge in [-0.05, 0) is 37.5 Å². The van der Waals surface area contributed by atoms with Gasteiger partial charge in [0.1, 0.15) is 11.4 Å². The normalized spacial score (nSPS) is 12.6. The smallest absolute Gasteiger partial charge is 0.328 e. The van der Waals surface area contributed by atoms with E-state index in [1.165, 1.54) is 6.08 Å². The highest BCUT2D eigenvalue weighted by molar-refractivity contribution is 5.85. The highest BCUT2D eigenvalue weighted by Gasteiger charge is 2.07. The van der Waals surface area contributed by atoms with Crippen molar-refractivity contribution in [3.63, 3.8) is 0 Å². The lowest BCUT2D eigenvalue weighted by Crippen LogP contribution is -2.09. The van der Waals surface area contributed by atoms with Gasteiger partial charge in [-0.25, -0.2) is 9.78 Å². The fraction of sp³-hybridized carbons (Fsp3) is 0.467. The average Bonchev–Trinajstić information content (AvgIpc) is 2.35. The summed E-state index contributed by atoms with van der Waals surface area (Å²) in [5.41, 5.74) is 1.39. The van der Waals surface area contributed by atoms with Gasteiger partial charge in [-0.1, -0.05) is 20.3 Å².